The zero-order valence-corrected chi connectivity index (χ0v) is 14.7. The molecule has 1 aromatic rings. The number of nitrogens with one attached hydrogen (secondary N) is 1. The zero-order chi connectivity index (χ0) is 18.9. The van der Waals surface area contributed by atoms with Crippen LogP contribution in [0.2, 0.25) is 0 Å². The summed E-state index contributed by atoms with van der Waals surface area (Å²) in [5.41, 5.74) is -0.787. The maximum atomic E-state index is 12.4. The van der Waals surface area contributed by atoms with Gasteiger partial charge in [-0.15, -0.1) is 0 Å². The molecule has 1 aliphatic heterocycles. The number of amides is 3. The Morgan fingerprint density at radius 3 is 2.15 bits per heavy atom. The zero-order valence-electron chi connectivity index (χ0n) is 14.7. The fourth-order valence-electron chi connectivity index (χ4n) is 3.80. The van der Waals surface area contributed by atoms with E-state index in [9.17, 15) is 24.3 Å². The number of hydrogen-bond acceptors (Lipinski definition) is 4. The largest absolute Gasteiger partial charge is 0.480 e. The van der Waals surface area contributed by atoms with Crippen LogP contribution in [-0.4, -0.2) is 45.8 Å². The van der Waals surface area contributed by atoms with E-state index in [1.807, 2.05) is 0 Å². The Morgan fingerprint density at radius 2 is 1.69 bits per heavy atom. The molecule has 26 heavy (non-hydrogen) atoms. The van der Waals surface area contributed by atoms with E-state index in [-0.39, 0.29) is 11.1 Å². The lowest BCUT2D eigenvalue weighted by Gasteiger charge is -2.37. The van der Waals surface area contributed by atoms with Gasteiger partial charge in [0.15, 0.2) is 0 Å². The molecular weight excluding hydrogens is 336 g/mol. The molecule has 3 amide bonds. The first-order valence-electron chi connectivity index (χ1n) is 8.87. The molecule has 1 aliphatic carbocycles. The van der Waals surface area contributed by atoms with Gasteiger partial charge in [-0.3, -0.25) is 19.3 Å². The minimum atomic E-state index is -1.32. The highest BCUT2D eigenvalue weighted by molar-refractivity contribution is 6.22. The van der Waals surface area contributed by atoms with Gasteiger partial charge in [-0.2, -0.15) is 0 Å². The normalized spacial score (nSPS) is 25.1. The van der Waals surface area contributed by atoms with Gasteiger partial charge < -0.3 is 10.4 Å². The van der Waals surface area contributed by atoms with Crippen LogP contribution in [0, 0.1) is 5.92 Å². The second-order valence-corrected chi connectivity index (χ2v) is 7.03. The van der Waals surface area contributed by atoms with E-state index in [2.05, 4.69) is 12.2 Å². The first-order valence-corrected chi connectivity index (χ1v) is 8.87. The number of carboxylic acid groups (broad SMARTS) is 1. The topological polar surface area (TPSA) is 104 Å². The fourth-order valence-corrected chi connectivity index (χ4v) is 3.80. The molecule has 0 unspecified atom stereocenters. The first kappa shape index (κ1) is 18.1. The van der Waals surface area contributed by atoms with Crippen LogP contribution in [0.4, 0.5) is 0 Å². The van der Waals surface area contributed by atoms with Gasteiger partial charge in [0, 0.05) is 0 Å². The van der Waals surface area contributed by atoms with Gasteiger partial charge >= 0.3 is 5.97 Å². The van der Waals surface area contributed by atoms with E-state index in [1.165, 1.54) is 12.1 Å². The number of carboxylic acids is 1. The summed E-state index contributed by atoms with van der Waals surface area (Å²) >= 11 is 0. The smallest absolute Gasteiger partial charge is 0.329 e. The summed E-state index contributed by atoms with van der Waals surface area (Å²) in [6.07, 6.45) is 3.16. The van der Waals surface area contributed by atoms with Crippen molar-refractivity contribution in [3.63, 3.8) is 0 Å². The highest BCUT2D eigenvalue weighted by atomic mass is 16.4. The van der Waals surface area contributed by atoms with E-state index >= 15 is 0 Å². The number of imide groups is 1. The number of aliphatic carboxylic acids is 1. The molecule has 0 bridgehead atoms. The van der Waals surface area contributed by atoms with Crippen molar-refractivity contribution in [2.75, 3.05) is 6.54 Å². The Bertz CT molecular complexity index is 730. The van der Waals surface area contributed by atoms with Crippen LogP contribution in [0.15, 0.2) is 24.3 Å². The Kier molecular flexibility index (Phi) is 4.80. The van der Waals surface area contributed by atoms with Gasteiger partial charge in [0.05, 0.1) is 11.1 Å². The molecule has 2 N–H and O–H groups in total. The van der Waals surface area contributed by atoms with Crippen LogP contribution in [0.3, 0.4) is 0 Å². The van der Waals surface area contributed by atoms with Crippen molar-refractivity contribution in [2.24, 2.45) is 5.92 Å². The SMILES string of the molecule is CCC1CCC(NC(=O)CN2C(=O)c3ccccc3C2=O)(C(=O)O)CC1. The van der Waals surface area contributed by atoms with Crippen LogP contribution < -0.4 is 5.32 Å². The summed E-state index contributed by atoms with van der Waals surface area (Å²) in [5, 5.41) is 12.2. The fraction of sp³-hybridized carbons (Fsp3) is 0.474. The average molecular weight is 358 g/mol. The number of carbonyl (C=O) groups excluding carboxylic acids is 3. The average Bonchev–Trinajstić information content (AvgIpc) is 2.87. The first-order chi connectivity index (χ1) is 12.4. The second-order valence-electron chi connectivity index (χ2n) is 7.03. The highest BCUT2D eigenvalue weighted by Crippen LogP contribution is 2.34. The van der Waals surface area contributed by atoms with Gasteiger partial charge in [0.1, 0.15) is 12.1 Å². The van der Waals surface area contributed by atoms with E-state index < -0.39 is 35.8 Å². The van der Waals surface area contributed by atoms with Crippen molar-refractivity contribution >= 4 is 23.7 Å². The van der Waals surface area contributed by atoms with Crippen molar-refractivity contribution in [3.05, 3.63) is 35.4 Å². The Balaban J connectivity index is 1.70. The van der Waals surface area contributed by atoms with Gasteiger partial charge in [-0.25, -0.2) is 4.79 Å². The third kappa shape index (κ3) is 3.09. The molecule has 1 heterocycles. The third-order valence-electron chi connectivity index (χ3n) is 5.50. The summed E-state index contributed by atoms with van der Waals surface area (Å²) < 4.78 is 0. The molecule has 0 spiro atoms. The molecule has 1 fully saturated rings. The van der Waals surface area contributed by atoms with Crippen LogP contribution >= 0.6 is 0 Å². The van der Waals surface area contributed by atoms with Gasteiger partial charge in [0.2, 0.25) is 5.91 Å². The number of hydrogen-bond donors (Lipinski definition) is 2. The molecule has 1 saturated carbocycles. The summed E-state index contributed by atoms with van der Waals surface area (Å²) in [4.78, 5) is 49.8. The number of rotatable bonds is 5. The number of carbonyl (C=O) groups is 4. The predicted molar refractivity (Wildman–Crippen MR) is 92.6 cm³/mol. The van der Waals surface area contributed by atoms with Crippen molar-refractivity contribution in [2.45, 2.75) is 44.6 Å². The quantitative estimate of drug-likeness (QED) is 0.782. The minimum Gasteiger partial charge on any atom is -0.480 e. The van der Waals surface area contributed by atoms with Crippen molar-refractivity contribution < 1.29 is 24.3 Å². The minimum absolute atomic E-state index is 0.265. The van der Waals surface area contributed by atoms with E-state index in [4.69, 9.17) is 0 Å². The maximum Gasteiger partial charge on any atom is 0.329 e. The van der Waals surface area contributed by atoms with Gasteiger partial charge in [0.25, 0.3) is 11.8 Å². The van der Waals surface area contributed by atoms with E-state index in [1.54, 1.807) is 12.1 Å². The van der Waals surface area contributed by atoms with Crippen LogP contribution in [0.1, 0.15) is 59.7 Å². The molecular formula is C19H22N2O5. The van der Waals surface area contributed by atoms with Gasteiger partial charge in [-0.05, 0) is 43.7 Å². The highest BCUT2D eigenvalue weighted by Gasteiger charge is 2.44. The lowest BCUT2D eigenvalue weighted by Crippen LogP contribution is -2.58. The number of nitrogens with zero attached hydrogens (tertiary/aromatic N) is 1. The molecule has 3 rings (SSSR count). The molecule has 0 radical (unpaired) electrons. The maximum absolute atomic E-state index is 12.4. The standard InChI is InChI=1S/C19H22N2O5/c1-2-12-7-9-19(10-8-12,18(25)26)20-15(22)11-21-16(23)13-5-3-4-6-14(13)17(21)24/h3-6,12H,2,7-11H2,1H3,(H,20,22)(H,25,26). The second kappa shape index (κ2) is 6.90. The molecule has 1 aromatic carbocycles. The van der Waals surface area contributed by atoms with Crippen LogP contribution in [-0.2, 0) is 9.59 Å². The molecule has 0 aromatic heterocycles. The third-order valence-corrected chi connectivity index (χ3v) is 5.50. The summed E-state index contributed by atoms with van der Waals surface area (Å²) in [5.74, 6) is -2.28. The van der Waals surface area contributed by atoms with Gasteiger partial charge in [-0.1, -0.05) is 25.5 Å². The molecule has 7 nitrogen and oxygen atoms in total. The van der Waals surface area contributed by atoms with E-state index in [0.29, 0.717) is 18.8 Å². The Morgan fingerprint density at radius 1 is 1.15 bits per heavy atom. The molecule has 0 saturated heterocycles. The van der Waals surface area contributed by atoms with E-state index in [0.717, 1.165) is 24.2 Å². The van der Waals surface area contributed by atoms with Crippen molar-refractivity contribution in [1.82, 2.24) is 10.2 Å². The molecule has 138 valence electrons. The lowest BCUT2D eigenvalue weighted by molar-refractivity contribution is -0.149. The molecule has 0 atom stereocenters. The molecule has 2 aliphatic rings. The van der Waals surface area contributed by atoms with Crippen LogP contribution in [0.5, 0.6) is 0 Å². The van der Waals surface area contributed by atoms with Crippen LogP contribution in [0.25, 0.3) is 0 Å². The predicted octanol–water partition coefficient (Wildman–Crippen LogP) is 1.82. The monoisotopic (exact) mass is 358 g/mol. The van der Waals surface area contributed by atoms with Crippen molar-refractivity contribution in [3.8, 4) is 0 Å². The lowest BCUT2D eigenvalue weighted by atomic mass is 9.75. The summed E-state index contributed by atoms with van der Waals surface area (Å²) in [7, 11) is 0. The summed E-state index contributed by atoms with van der Waals surface area (Å²) in [6, 6.07) is 6.38. The number of fused-ring (bicyclic) bond motifs is 1. The molecule has 7 heteroatoms. The number of benzene rings is 1. The Labute approximate surface area is 151 Å². The summed E-state index contributed by atoms with van der Waals surface area (Å²) in [6.45, 7) is 1.60. The van der Waals surface area contributed by atoms with Crippen molar-refractivity contribution in [1.29, 1.82) is 0 Å². The Hall–Kier alpha value is -2.70.